The van der Waals surface area contributed by atoms with Crippen molar-refractivity contribution < 1.29 is 0 Å². The topological polar surface area (TPSA) is 0 Å². The zero-order valence-electron chi connectivity index (χ0n) is 10.3. The maximum atomic E-state index is 6.39. The molecule has 91 valence electrons. The Kier molecular flexibility index (Phi) is 3.35. The Morgan fingerprint density at radius 1 is 0.684 bits per heavy atom. The van der Waals surface area contributed by atoms with Gasteiger partial charge in [-0.2, -0.15) is 0 Å². The third-order valence-electron chi connectivity index (χ3n) is 3.07. The SMILES string of the molecule is Clc1cc[c]c(-c2ccccc2)c1-c1ccccc1. The van der Waals surface area contributed by atoms with Gasteiger partial charge in [0.25, 0.3) is 0 Å². The van der Waals surface area contributed by atoms with E-state index >= 15 is 0 Å². The Morgan fingerprint density at radius 2 is 1.26 bits per heavy atom. The lowest BCUT2D eigenvalue weighted by molar-refractivity contribution is 1.57. The summed E-state index contributed by atoms with van der Waals surface area (Å²) in [7, 11) is 0. The molecule has 0 bridgehead atoms. The highest BCUT2D eigenvalue weighted by atomic mass is 35.5. The molecule has 3 aromatic carbocycles. The fourth-order valence-corrected chi connectivity index (χ4v) is 2.46. The molecular weight excluding hydrogens is 252 g/mol. The van der Waals surface area contributed by atoms with Gasteiger partial charge in [0.15, 0.2) is 0 Å². The van der Waals surface area contributed by atoms with Crippen molar-refractivity contribution in [1.29, 1.82) is 0 Å². The summed E-state index contributed by atoms with van der Waals surface area (Å²) in [5.41, 5.74) is 4.32. The second-order valence-corrected chi connectivity index (χ2v) is 4.71. The smallest absolute Gasteiger partial charge is 0.0491 e. The van der Waals surface area contributed by atoms with Crippen molar-refractivity contribution in [1.82, 2.24) is 0 Å². The van der Waals surface area contributed by atoms with Gasteiger partial charge in [0.05, 0.1) is 0 Å². The molecule has 0 atom stereocenters. The molecule has 0 aromatic heterocycles. The van der Waals surface area contributed by atoms with Crippen LogP contribution in [0.3, 0.4) is 0 Å². The van der Waals surface area contributed by atoms with Gasteiger partial charge in [0, 0.05) is 10.6 Å². The van der Waals surface area contributed by atoms with Crippen LogP contribution in [0.5, 0.6) is 0 Å². The summed E-state index contributed by atoms with van der Waals surface area (Å²) in [6.45, 7) is 0. The summed E-state index contributed by atoms with van der Waals surface area (Å²) in [5, 5.41) is 0.754. The summed E-state index contributed by atoms with van der Waals surface area (Å²) in [5.74, 6) is 0. The standard InChI is InChI=1S/C18H12Cl/c19-17-13-7-12-16(14-8-3-1-4-9-14)18(17)15-10-5-2-6-11-15/h1-11,13H. The molecule has 3 aromatic rings. The average Bonchev–Trinajstić information content (AvgIpc) is 2.49. The molecule has 0 aliphatic heterocycles. The molecule has 0 unspecified atom stereocenters. The highest BCUT2D eigenvalue weighted by Crippen LogP contribution is 2.36. The van der Waals surface area contributed by atoms with Gasteiger partial charge in [-0.05, 0) is 28.8 Å². The van der Waals surface area contributed by atoms with Gasteiger partial charge < -0.3 is 0 Å². The van der Waals surface area contributed by atoms with E-state index in [2.05, 4.69) is 30.3 Å². The second-order valence-electron chi connectivity index (χ2n) is 4.31. The van der Waals surface area contributed by atoms with E-state index < -0.39 is 0 Å². The van der Waals surface area contributed by atoms with Crippen molar-refractivity contribution in [3.8, 4) is 22.3 Å². The molecule has 0 fully saturated rings. The molecule has 0 saturated heterocycles. The van der Waals surface area contributed by atoms with E-state index in [1.165, 1.54) is 0 Å². The quantitative estimate of drug-likeness (QED) is 0.575. The molecule has 1 heteroatoms. The van der Waals surface area contributed by atoms with Crippen LogP contribution in [-0.2, 0) is 0 Å². The molecule has 0 amide bonds. The summed E-state index contributed by atoms with van der Waals surface area (Å²) >= 11 is 6.39. The molecule has 0 aliphatic carbocycles. The van der Waals surface area contributed by atoms with Crippen LogP contribution in [0.1, 0.15) is 0 Å². The first-order valence-electron chi connectivity index (χ1n) is 6.17. The first kappa shape index (κ1) is 12.0. The normalized spacial score (nSPS) is 10.4. The minimum absolute atomic E-state index is 0.754. The van der Waals surface area contributed by atoms with Crippen LogP contribution in [0.15, 0.2) is 72.8 Å². The monoisotopic (exact) mass is 263 g/mol. The fraction of sp³-hybridized carbons (Fsp3) is 0. The lowest BCUT2D eigenvalue weighted by Gasteiger charge is -2.11. The lowest BCUT2D eigenvalue weighted by atomic mass is 9.94. The van der Waals surface area contributed by atoms with Gasteiger partial charge in [-0.15, -0.1) is 0 Å². The van der Waals surface area contributed by atoms with E-state index in [0.717, 1.165) is 27.3 Å². The average molecular weight is 264 g/mol. The van der Waals surface area contributed by atoms with Crippen LogP contribution in [0.25, 0.3) is 22.3 Å². The van der Waals surface area contributed by atoms with Crippen LogP contribution in [0, 0.1) is 6.07 Å². The molecule has 0 N–H and O–H groups in total. The van der Waals surface area contributed by atoms with E-state index in [0.29, 0.717) is 0 Å². The van der Waals surface area contributed by atoms with Crippen molar-refractivity contribution in [2.24, 2.45) is 0 Å². The molecule has 3 rings (SSSR count). The summed E-state index contributed by atoms with van der Waals surface area (Å²) in [6, 6.07) is 27.5. The predicted molar refractivity (Wildman–Crippen MR) is 81.2 cm³/mol. The number of hydrogen-bond donors (Lipinski definition) is 0. The maximum absolute atomic E-state index is 6.39. The molecule has 0 nitrogen and oxygen atoms in total. The summed E-state index contributed by atoms with van der Waals surface area (Å²) < 4.78 is 0. The van der Waals surface area contributed by atoms with Crippen molar-refractivity contribution >= 4 is 11.6 Å². The summed E-state index contributed by atoms with van der Waals surface area (Å²) in [6.07, 6.45) is 0. The van der Waals surface area contributed by atoms with E-state index in [1.54, 1.807) is 0 Å². The number of benzene rings is 3. The molecule has 19 heavy (non-hydrogen) atoms. The van der Waals surface area contributed by atoms with E-state index in [4.69, 9.17) is 11.6 Å². The Morgan fingerprint density at radius 3 is 1.89 bits per heavy atom. The highest BCUT2D eigenvalue weighted by molar-refractivity contribution is 6.34. The Labute approximate surface area is 118 Å². The first-order chi connectivity index (χ1) is 9.36. The van der Waals surface area contributed by atoms with Gasteiger partial charge in [0.2, 0.25) is 0 Å². The van der Waals surface area contributed by atoms with Crippen molar-refractivity contribution in [2.45, 2.75) is 0 Å². The molecular formula is C18H12Cl. The zero-order chi connectivity index (χ0) is 13.1. The zero-order valence-corrected chi connectivity index (χ0v) is 11.1. The van der Waals surface area contributed by atoms with Gasteiger partial charge in [0.1, 0.15) is 0 Å². The van der Waals surface area contributed by atoms with Gasteiger partial charge in [-0.1, -0.05) is 78.3 Å². The van der Waals surface area contributed by atoms with Crippen molar-refractivity contribution in [3.63, 3.8) is 0 Å². The maximum Gasteiger partial charge on any atom is 0.0491 e. The minimum Gasteiger partial charge on any atom is -0.0836 e. The lowest BCUT2D eigenvalue weighted by Crippen LogP contribution is -1.86. The van der Waals surface area contributed by atoms with Crippen LogP contribution in [0.2, 0.25) is 5.02 Å². The van der Waals surface area contributed by atoms with Gasteiger partial charge >= 0.3 is 0 Å². The third kappa shape index (κ3) is 2.40. The van der Waals surface area contributed by atoms with Gasteiger partial charge in [-0.25, -0.2) is 0 Å². The van der Waals surface area contributed by atoms with E-state index in [1.807, 2.05) is 48.5 Å². The van der Waals surface area contributed by atoms with E-state index in [-0.39, 0.29) is 0 Å². The fourth-order valence-electron chi connectivity index (χ4n) is 2.19. The molecule has 0 saturated carbocycles. The number of hydrogen-bond acceptors (Lipinski definition) is 0. The largest absolute Gasteiger partial charge is 0.0836 e. The minimum atomic E-state index is 0.754. The van der Waals surface area contributed by atoms with Crippen molar-refractivity contribution in [2.75, 3.05) is 0 Å². The molecule has 0 spiro atoms. The summed E-state index contributed by atoms with van der Waals surface area (Å²) in [4.78, 5) is 0. The van der Waals surface area contributed by atoms with Crippen LogP contribution < -0.4 is 0 Å². The van der Waals surface area contributed by atoms with Crippen LogP contribution in [-0.4, -0.2) is 0 Å². The Hall–Kier alpha value is -2.05. The Balaban J connectivity index is 2.25. The van der Waals surface area contributed by atoms with Crippen LogP contribution in [0.4, 0.5) is 0 Å². The molecule has 0 heterocycles. The number of halogens is 1. The third-order valence-corrected chi connectivity index (χ3v) is 3.39. The molecule has 1 radical (unpaired) electrons. The van der Waals surface area contributed by atoms with Crippen LogP contribution >= 0.6 is 11.6 Å². The Bertz CT molecular complexity index is 673. The van der Waals surface area contributed by atoms with E-state index in [9.17, 15) is 0 Å². The predicted octanol–water partition coefficient (Wildman–Crippen LogP) is 5.47. The first-order valence-corrected chi connectivity index (χ1v) is 6.55. The number of rotatable bonds is 2. The van der Waals surface area contributed by atoms with Gasteiger partial charge in [-0.3, -0.25) is 0 Å². The molecule has 0 aliphatic rings. The second kappa shape index (κ2) is 5.29. The van der Waals surface area contributed by atoms with Crippen molar-refractivity contribution in [3.05, 3.63) is 83.9 Å². The highest BCUT2D eigenvalue weighted by Gasteiger charge is 2.10.